The van der Waals surface area contributed by atoms with Gasteiger partial charge in [-0.3, -0.25) is 9.78 Å². The van der Waals surface area contributed by atoms with E-state index in [-0.39, 0.29) is 17.3 Å². The minimum absolute atomic E-state index is 0.0669. The van der Waals surface area contributed by atoms with Crippen LogP contribution in [0.5, 0.6) is 0 Å². The number of hydrogen-bond donors (Lipinski definition) is 4. The van der Waals surface area contributed by atoms with Gasteiger partial charge in [0.15, 0.2) is 5.78 Å². The minimum atomic E-state index is -0.558. The van der Waals surface area contributed by atoms with Crippen molar-refractivity contribution in [2.24, 2.45) is 16.6 Å². The zero-order valence-electron chi connectivity index (χ0n) is 18.8. The number of rotatable bonds is 7. The van der Waals surface area contributed by atoms with Gasteiger partial charge < -0.3 is 22.1 Å². The predicted molar refractivity (Wildman–Crippen MR) is 136 cm³/mol. The van der Waals surface area contributed by atoms with Gasteiger partial charge in [-0.05, 0) is 43.2 Å². The monoisotopic (exact) mass is 501 g/mol. The van der Waals surface area contributed by atoms with Crippen LogP contribution < -0.4 is 22.1 Å². The number of anilines is 2. The maximum atomic E-state index is 13.4. The molecule has 0 aliphatic heterocycles. The van der Waals surface area contributed by atoms with E-state index < -0.39 is 12.1 Å². The summed E-state index contributed by atoms with van der Waals surface area (Å²) in [5.41, 5.74) is 14.4. The van der Waals surface area contributed by atoms with Gasteiger partial charge in [-0.25, -0.2) is 9.47 Å². The van der Waals surface area contributed by atoms with Crippen molar-refractivity contribution in [2.45, 2.75) is 32.7 Å². The van der Waals surface area contributed by atoms with Crippen LogP contribution in [0.1, 0.15) is 60.0 Å². The highest BCUT2D eigenvalue weighted by Crippen LogP contribution is 2.29. The molecule has 1 unspecified atom stereocenters. The van der Waals surface area contributed by atoms with Crippen LogP contribution in [0.2, 0.25) is 10.0 Å². The van der Waals surface area contributed by atoms with E-state index in [0.29, 0.717) is 32.7 Å². The van der Waals surface area contributed by atoms with Crippen molar-refractivity contribution in [3.05, 3.63) is 75.3 Å². The molecule has 9 nitrogen and oxygen atoms in total. The van der Waals surface area contributed by atoms with Crippen LogP contribution in [-0.2, 0) is 0 Å². The van der Waals surface area contributed by atoms with E-state index in [4.69, 9.17) is 34.7 Å². The zero-order chi connectivity index (χ0) is 25.0. The Morgan fingerprint density at radius 3 is 2.47 bits per heavy atom. The van der Waals surface area contributed by atoms with E-state index in [1.807, 2.05) is 13.8 Å². The number of carbonyl (C=O) groups is 2. The Balaban J connectivity index is 1.89. The third-order valence-electron chi connectivity index (χ3n) is 4.93. The molecule has 0 radical (unpaired) electrons. The highest BCUT2D eigenvalue weighted by atomic mass is 35.5. The summed E-state index contributed by atoms with van der Waals surface area (Å²) in [6.07, 6.45) is 4.00. The summed E-state index contributed by atoms with van der Waals surface area (Å²) in [5.74, 6) is -0.241. The van der Waals surface area contributed by atoms with Gasteiger partial charge in [0.25, 0.3) is 0 Å². The molecule has 11 heteroatoms. The molecule has 2 aromatic heterocycles. The number of benzene rings is 1. The van der Waals surface area contributed by atoms with Crippen molar-refractivity contribution in [1.82, 2.24) is 9.66 Å². The Morgan fingerprint density at radius 2 is 1.85 bits per heavy atom. The van der Waals surface area contributed by atoms with Crippen LogP contribution in [0.15, 0.2) is 47.8 Å². The van der Waals surface area contributed by atoms with Crippen LogP contribution >= 0.6 is 23.2 Å². The summed E-state index contributed by atoms with van der Waals surface area (Å²) in [6, 6.07) is 6.94. The molecular formula is C23H25Cl2N7O2. The standard InChI is InChI=1S/C23H25Cl2N7O2/c1-12(2)20-8-17(21(13(3)27)32(20)29-11-26)22(33)14-6-16(10-28-9-14)30-23(34)31-19-5-4-15(24)7-18(19)25/h4-13H,27H2,1-3H3,(H2,26,29)(H2,30,31,34). The average Bonchev–Trinajstić information content (AvgIpc) is 3.15. The van der Waals surface area contributed by atoms with Crippen molar-refractivity contribution in [2.75, 3.05) is 10.6 Å². The van der Waals surface area contributed by atoms with E-state index in [9.17, 15) is 9.59 Å². The highest BCUT2D eigenvalue weighted by molar-refractivity contribution is 6.36. The van der Waals surface area contributed by atoms with Crippen molar-refractivity contribution in [1.29, 1.82) is 0 Å². The third kappa shape index (κ3) is 5.56. The first-order valence-electron chi connectivity index (χ1n) is 10.4. The number of amides is 2. The second-order valence-corrected chi connectivity index (χ2v) is 8.73. The van der Waals surface area contributed by atoms with Gasteiger partial charge in [0.1, 0.15) is 6.34 Å². The molecule has 1 atom stereocenters. The lowest BCUT2D eigenvalue weighted by molar-refractivity contribution is 0.103. The summed E-state index contributed by atoms with van der Waals surface area (Å²) in [4.78, 5) is 30.0. The summed E-state index contributed by atoms with van der Waals surface area (Å²) in [7, 11) is 0. The summed E-state index contributed by atoms with van der Waals surface area (Å²) < 4.78 is 1.60. The topological polar surface area (TPSA) is 140 Å². The highest BCUT2D eigenvalue weighted by Gasteiger charge is 2.25. The lowest BCUT2D eigenvalue weighted by Gasteiger charge is -2.13. The Bertz CT molecular complexity index is 1250. The molecule has 34 heavy (non-hydrogen) atoms. The van der Waals surface area contributed by atoms with Crippen LogP contribution in [0.3, 0.4) is 0 Å². The van der Waals surface area contributed by atoms with E-state index in [2.05, 4.69) is 20.7 Å². The van der Waals surface area contributed by atoms with Gasteiger partial charge in [0, 0.05) is 34.1 Å². The van der Waals surface area contributed by atoms with Crippen LogP contribution in [0.25, 0.3) is 0 Å². The second-order valence-electron chi connectivity index (χ2n) is 7.88. The van der Waals surface area contributed by atoms with Crippen molar-refractivity contribution in [3.8, 4) is 0 Å². The predicted octanol–water partition coefficient (Wildman–Crippen LogP) is 4.96. The fraction of sp³-hybridized carbons (Fsp3) is 0.217. The number of nitrogens with two attached hydrogens (primary N) is 2. The van der Waals surface area contributed by atoms with Gasteiger partial charge in [0.05, 0.1) is 28.3 Å². The van der Waals surface area contributed by atoms with Gasteiger partial charge >= 0.3 is 6.03 Å². The number of nitrogens with zero attached hydrogens (tertiary/aromatic N) is 3. The molecule has 0 fully saturated rings. The van der Waals surface area contributed by atoms with E-state index in [1.165, 1.54) is 24.5 Å². The third-order valence-corrected chi connectivity index (χ3v) is 5.48. The minimum Gasteiger partial charge on any atom is -0.388 e. The smallest absolute Gasteiger partial charge is 0.323 e. The van der Waals surface area contributed by atoms with Crippen LogP contribution in [0, 0.1) is 0 Å². The molecule has 3 rings (SSSR count). The lowest BCUT2D eigenvalue weighted by Crippen LogP contribution is -2.20. The molecular weight excluding hydrogens is 477 g/mol. The molecule has 0 spiro atoms. The SMILES string of the molecule is CC(C)c1cc(C(=O)c2cncc(NC(=O)Nc3ccc(Cl)cc3Cl)c2)c(C(C)N)n1/N=C\N. The van der Waals surface area contributed by atoms with E-state index >= 15 is 0 Å². The maximum absolute atomic E-state index is 13.4. The molecule has 0 saturated carbocycles. The summed E-state index contributed by atoms with van der Waals surface area (Å²) in [5, 5.41) is 10.2. The molecule has 6 N–H and O–H groups in total. The number of halogens is 2. The Hall–Kier alpha value is -3.40. The molecule has 0 aliphatic carbocycles. The van der Waals surface area contributed by atoms with Gasteiger partial charge in [-0.15, -0.1) is 0 Å². The Morgan fingerprint density at radius 1 is 1.12 bits per heavy atom. The Kier molecular flexibility index (Phi) is 7.93. The number of hydrogen-bond acceptors (Lipinski definition) is 5. The van der Waals surface area contributed by atoms with E-state index in [1.54, 1.807) is 29.8 Å². The first kappa shape index (κ1) is 25.2. The summed E-state index contributed by atoms with van der Waals surface area (Å²) in [6.45, 7) is 5.73. The van der Waals surface area contributed by atoms with E-state index in [0.717, 1.165) is 12.0 Å². The van der Waals surface area contributed by atoms with Crippen LogP contribution in [-0.4, -0.2) is 27.8 Å². The second kappa shape index (κ2) is 10.7. The fourth-order valence-corrected chi connectivity index (χ4v) is 3.88. The molecule has 2 amide bonds. The lowest BCUT2D eigenvalue weighted by atomic mass is 10.0. The average molecular weight is 502 g/mol. The number of carbonyl (C=O) groups excluding carboxylic acids is 2. The molecule has 0 bridgehead atoms. The largest absolute Gasteiger partial charge is 0.388 e. The number of nitrogens with one attached hydrogen (secondary N) is 2. The first-order valence-corrected chi connectivity index (χ1v) is 11.2. The van der Waals surface area contributed by atoms with Gasteiger partial charge in [0.2, 0.25) is 0 Å². The maximum Gasteiger partial charge on any atom is 0.323 e. The molecule has 0 saturated heterocycles. The summed E-state index contributed by atoms with van der Waals surface area (Å²) >= 11 is 12.0. The molecule has 2 heterocycles. The van der Waals surface area contributed by atoms with Gasteiger partial charge in [-0.1, -0.05) is 37.0 Å². The number of ketones is 1. The quantitative estimate of drug-likeness (QED) is 0.205. The molecule has 1 aromatic carbocycles. The van der Waals surface area contributed by atoms with Crippen molar-refractivity contribution >= 4 is 52.7 Å². The van der Waals surface area contributed by atoms with Crippen LogP contribution in [0.4, 0.5) is 16.2 Å². The van der Waals surface area contributed by atoms with Crippen molar-refractivity contribution < 1.29 is 9.59 Å². The fourth-order valence-electron chi connectivity index (χ4n) is 3.43. The number of urea groups is 1. The Labute approximate surface area is 207 Å². The molecule has 0 aliphatic rings. The normalized spacial score (nSPS) is 12.2. The number of aromatic nitrogens is 2. The first-order chi connectivity index (χ1) is 16.1. The van der Waals surface area contributed by atoms with Crippen molar-refractivity contribution in [3.63, 3.8) is 0 Å². The zero-order valence-corrected chi connectivity index (χ0v) is 20.4. The number of pyridine rings is 1. The molecule has 178 valence electrons. The molecule has 3 aromatic rings. The van der Waals surface area contributed by atoms with Gasteiger partial charge in [-0.2, -0.15) is 5.10 Å².